The van der Waals surface area contributed by atoms with Crippen LogP contribution in [0.15, 0.2) is 57.7 Å². The Bertz CT molecular complexity index is 991. The third-order valence-electron chi connectivity index (χ3n) is 3.93. The van der Waals surface area contributed by atoms with E-state index in [1.165, 1.54) is 18.2 Å². The summed E-state index contributed by atoms with van der Waals surface area (Å²) in [6.45, 7) is 3.21. The van der Waals surface area contributed by atoms with Crippen LogP contribution in [0.1, 0.15) is 24.2 Å². The maximum Gasteiger partial charge on any atom is 0.344 e. The summed E-state index contributed by atoms with van der Waals surface area (Å²) < 4.78 is 28.7. The molecule has 0 radical (unpaired) electrons. The lowest BCUT2D eigenvalue weighted by atomic mass is 10.1. The van der Waals surface area contributed by atoms with Crippen molar-refractivity contribution in [2.75, 3.05) is 6.61 Å². The minimum atomic E-state index is -0.562. The Labute approximate surface area is 149 Å². The van der Waals surface area contributed by atoms with Gasteiger partial charge in [0.15, 0.2) is 6.61 Å². The molecule has 6 heteroatoms. The van der Waals surface area contributed by atoms with Gasteiger partial charge >= 0.3 is 11.6 Å². The number of hydrogen-bond donors (Lipinski definition) is 0. The van der Waals surface area contributed by atoms with Crippen molar-refractivity contribution >= 4 is 16.9 Å². The number of fused-ring (bicyclic) bond motifs is 1. The number of carbonyl (C=O) groups excluding carboxylic acids is 1. The van der Waals surface area contributed by atoms with Gasteiger partial charge in [-0.25, -0.2) is 14.0 Å². The quantitative estimate of drug-likeness (QED) is 0.512. The molecule has 0 saturated carbocycles. The summed E-state index contributed by atoms with van der Waals surface area (Å²) in [6.07, 6.45) is -0.524. The summed E-state index contributed by atoms with van der Waals surface area (Å²) in [5.41, 5.74) is 1.43. The highest BCUT2D eigenvalue weighted by Crippen LogP contribution is 2.22. The van der Waals surface area contributed by atoms with Gasteiger partial charge < -0.3 is 13.9 Å². The molecular formula is C20H17FO5. The maximum atomic E-state index is 12.9. The predicted molar refractivity (Wildman–Crippen MR) is 93.6 cm³/mol. The van der Waals surface area contributed by atoms with Crippen LogP contribution in [-0.2, 0) is 9.53 Å². The first-order valence-electron chi connectivity index (χ1n) is 8.04. The first-order chi connectivity index (χ1) is 12.4. The van der Waals surface area contributed by atoms with Crippen LogP contribution in [0.5, 0.6) is 5.75 Å². The second-order valence-corrected chi connectivity index (χ2v) is 5.88. The number of ether oxygens (including phenoxy) is 2. The van der Waals surface area contributed by atoms with Gasteiger partial charge in [0.05, 0.1) is 0 Å². The number of hydrogen-bond acceptors (Lipinski definition) is 5. The number of halogens is 1. The Hall–Kier alpha value is -3.15. The molecule has 0 N–H and O–H groups in total. The third kappa shape index (κ3) is 4.08. The summed E-state index contributed by atoms with van der Waals surface area (Å²) in [4.78, 5) is 23.4. The number of benzene rings is 2. The standard InChI is InChI=1S/C20H17FO5/c1-12-9-19(22)26-18-10-16(7-8-17(12)18)24-11-20(23)25-13(2)14-3-5-15(21)6-4-14/h3-10,13H,11H2,1-2H3/t13-/m0/s1. The number of esters is 1. The van der Waals surface area contributed by atoms with Crippen molar-refractivity contribution in [3.05, 3.63) is 75.9 Å². The van der Waals surface area contributed by atoms with E-state index < -0.39 is 17.7 Å². The Kier molecular flexibility index (Phi) is 5.02. The van der Waals surface area contributed by atoms with Crippen molar-refractivity contribution in [2.24, 2.45) is 0 Å². The molecule has 0 bridgehead atoms. The van der Waals surface area contributed by atoms with Gasteiger partial charge in [-0.1, -0.05) is 12.1 Å². The predicted octanol–water partition coefficient (Wildman–Crippen LogP) is 3.92. The Morgan fingerprint density at radius 1 is 1.15 bits per heavy atom. The van der Waals surface area contributed by atoms with Gasteiger partial charge in [0.25, 0.3) is 0 Å². The van der Waals surface area contributed by atoms with Gasteiger partial charge in [-0.2, -0.15) is 0 Å². The van der Waals surface area contributed by atoms with E-state index in [0.717, 1.165) is 10.9 Å². The van der Waals surface area contributed by atoms with Crippen molar-refractivity contribution in [1.29, 1.82) is 0 Å². The summed E-state index contributed by atoms with van der Waals surface area (Å²) >= 11 is 0. The van der Waals surface area contributed by atoms with E-state index in [0.29, 0.717) is 16.9 Å². The van der Waals surface area contributed by atoms with Crippen molar-refractivity contribution in [2.45, 2.75) is 20.0 Å². The molecule has 3 aromatic rings. The number of carbonyl (C=O) groups is 1. The largest absolute Gasteiger partial charge is 0.482 e. The Morgan fingerprint density at radius 3 is 2.62 bits per heavy atom. The van der Waals surface area contributed by atoms with Crippen LogP contribution >= 0.6 is 0 Å². The van der Waals surface area contributed by atoms with Crippen LogP contribution in [0.3, 0.4) is 0 Å². The molecule has 2 aromatic carbocycles. The minimum absolute atomic E-state index is 0.299. The van der Waals surface area contributed by atoms with Gasteiger partial charge in [0, 0.05) is 17.5 Å². The summed E-state index contributed by atoms with van der Waals surface area (Å²) in [5, 5.41) is 0.796. The van der Waals surface area contributed by atoms with Crippen molar-refractivity contribution in [1.82, 2.24) is 0 Å². The topological polar surface area (TPSA) is 65.7 Å². The zero-order valence-corrected chi connectivity index (χ0v) is 14.3. The van der Waals surface area contributed by atoms with Crippen molar-refractivity contribution < 1.29 is 23.1 Å². The average molecular weight is 356 g/mol. The third-order valence-corrected chi connectivity index (χ3v) is 3.93. The fourth-order valence-corrected chi connectivity index (χ4v) is 2.57. The van der Waals surface area contributed by atoms with Crippen LogP contribution in [0.4, 0.5) is 4.39 Å². The second-order valence-electron chi connectivity index (χ2n) is 5.88. The molecule has 1 atom stereocenters. The SMILES string of the molecule is Cc1cc(=O)oc2cc(OCC(=O)O[C@@H](C)c3ccc(F)cc3)ccc12. The monoisotopic (exact) mass is 356 g/mol. The van der Waals surface area contributed by atoms with Crippen LogP contribution in [-0.4, -0.2) is 12.6 Å². The zero-order valence-electron chi connectivity index (χ0n) is 14.3. The molecule has 3 rings (SSSR count). The number of rotatable bonds is 5. The lowest BCUT2D eigenvalue weighted by Gasteiger charge is -2.14. The first-order valence-corrected chi connectivity index (χ1v) is 8.04. The molecule has 0 unspecified atom stereocenters. The van der Waals surface area contributed by atoms with E-state index in [-0.39, 0.29) is 12.4 Å². The second kappa shape index (κ2) is 7.39. The molecule has 0 aliphatic heterocycles. The smallest absolute Gasteiger partial charge is 0.344 e. The van der Waals surface area contributed by atoms with Crippen molar-refractivity contribution in [3.63, 3.8) is 0 Å². The maximum absolute atomic E-state index is 12.9. The van der Waals surface area contributed by atoms with E-state index in [1.807, 2.05) is 6.92 Å². The van der Waals surface area contributed by atoms with E-state index in [1.54, 1.807) is 37.3 Å². The number of aryl methyl sites for hydroxylation is 1. The van der Waals surface area contributed by atoms with Gasteiger partial charge in [0.1, 0.15) is 23.3 Å². The van der Waals surface area contributed by atoms with Crippen LogP contribution in [0.2, 0.25) is 0 Å². The molecule has 0 saturated heterocycles. The molecule has 0 spiro atoms. The van der Waals surface area contributed by atoms with Crippen molar-refractivity contribution in [3.8, 4) is 5.75 Å². The summed E-state index contributed by atoms with van der Waals surface area (Å²) in [6, 6.07) is 12.1. The summed E-state index contributed by atoms with van der Waals surface area (Å²) in [5.74, 6) is -0.529. The molecule has 134 valence electrons. The molecule has 0 fully saturated rings. The summed E-state index contributed by atoms with van der Waals surface area (Å²) in [7, 11) is 0. The van der Waals surface area contributed by atoms with Gasteiger partial charge in [-0.15, -0.1) is 0 Å². The lowest BCUT2D eigenvalue weighted by molar-refractivity contribution is -0.151. The molecule has 0 aliphatic rings. The van der Waals surface area contributed by atoms with Gasteiger partial charge in [-0.05, 0) is 49.2 Å². The lowest BCUT2D eigenvalue weighted by Crippen LogP contribution is -2.17. The first kappa shape index (κ1) is 17.7. The molecule has 1 aromatic heterocycles. The van der Waals surface area contributed by atoms with Gasteiger partial charge in [-0.3, -0.25) is 0 Å². The van der Waals surface area contributed by atoms with Crippen LogP contribution < -0.4 is 10.4 Å². The highest BCUT2D eigenvalue weighted by atomic mass is 19.1. The molecule has 0 aliphatic carbocycles. The fraction of sp³-hybridized carbons (Fsp3) is 0.200. The molecule has 26 heavy (non-hydrogen) atoms. The average Bonchev–Trinajstić information content (AvgIpc) is 2.60. The van der Waals surface area contributed by atoms with Crippen LogP contribution in [0, 0.1) is 12.7 Å². The highest BCUT2D eigenvalue weighted by molar-refractivity contribution is 5.81. The van der Waals surface area contributed by atoms with E-state index in [4.69, 9.17) is 13.9 Å². The van der Waals surface area contributed by atoms with E-state index in [9.17, 15) is 14.0 Å². The Balaban J connectivity index is 1.63. The van der Waals surface area contributed by atoms with Crippen LogP contribution in [0.25, 0.3) is 11.0 Å². The molecule has 5 nitrogen and oxygen atoms in total. The molecule has 1 heterocycles. The van der Waals surface area contributed by atoms with Gasteiger partial charge in [0.2, 0.25) is 0 Å². The normalized spacial score (nSPS) is 12.0. The van der Waals surface area contributed by atoms with E-state index >= 15 is 0 Å². The highest BCUT2D eigenvalue weighted by Gasteiger charge is 2.13. The zero-order chi connectivity index (χ0) is 18.7. The Morgan fingerprint density at radius 2 is 1.88 bits per heavy atom. The van der Waals surface area contributed by atoms with E-state index in [2.05, 4.69) is 0 Å². The molecule has 0 amide bonds. The fourth-order valence-electron chi connectivity index (χ4n) is 2.57. The molecular weight excluding hydrogens is 339 g/mol. The minimum Gasteiger partial charge on any atom is -0.482 e.